The maximum Gasteiger partial charge on any atom is 0.292 e. The van der Waals surface area contributed by atoms with Gasteiger partial charge in [0, 0.05) is 57.8 Å². The quantitative estimate of drug-likeness (QED) is 0.495. The monoisotopic (exact) mass is 466 g/mol. The van der Waals surface area contributed by atoms with E-state index in [0.717, 1.165) is 57.1 Å². The molecule has 0 atom stereocenters. The molecule has 0 radical (unpaired) electrons. The van der Waals surface area contributed by atoms with Crippen molar-refractivity contribution in [2.75, 3.05) is 57.4 Å². The number of para-hydroxylation sites is 2. The van der Waals surface area contributed by atoms with Gasteiger partial charge in [0.25, 0.3) is 5.69 Å². The number of nitro groups is 1. The van der Waals surface area contributed by atoms with E-state index in [4.69, 9.17) is 9.47 Å². The summed E-state index contributed by atoms with van der Waals surface area (Å²) < 4.78 is 11.3. The first-order valence-corrected chi connectivity index (χ1v) is 12.0. The number of nitrogens with zero attached hydrogens (tertiary/aromatic N) is 4. The van der Waals surface area contributed by atoms with Gasteiger partial charge in [0.2, 0.25) is 5.91 Å². The highest BCUT2D eigenvalue weighted by Gasteiger charge is 2.32. The molecule has 2 aromatic carbocycles. The minimum absolute atomic E-state index is 0.0108. The van der Waals surface area contributed by atoms with Gasteiger partial charge < -0.3 is 19.3 Å². The Morgan fingerprint density at radius 3 is 2.38 bits per heavy atom. The van der Waals surface area contributed by atoms with Gasteiger partial charge in [-0.3, -0.25) is 19.8 Å². The van der Waals surface area contributed by atoms with Crippen LogP contribution in [-0.2, 0) is 11.3 Å². The van der Waals surface area contributed by atoms with Gasteiger partial charge in [0.05, 0.1) is 4.92 Å². The van der Waals surface area contributed by atoms with E-state index in [9.17, 15) is 14.9 Å². The summed E-state index contributed by atoms with van der Waals surface area (Å²) >= 11 is 0. The molecule has 3 heterocycles. The molecule has 2 aromatic rings. The molecular formula is C25H30N4O5. The molecule has 2 saturated heterocycles. The normalized spacial score (nSPS) is 19.2. The van der Waals surface area contributed by atoms with Crippen molar-refractivity contribution >= 4 is 17.3 Å². The molecule has 0 aromatic heterocycles. The lowest BCUT2D eigenvalue weighted by Gasteiger charge is -2.39. The molecule has 2 fully saturated rings. The van der Waals surface area contributed by atoms with Crippen molar-refractivity contribution in [3.05, 3.63) is 58.1 Å². The number of carbonyl (C=O) groups is 1. The largest absolute Gasteiger partial charge is 0.486 e. The summed E-state index contributed by atoms with van der Waals surface area (Å²) in [6.45, 7) is 6.46. The lowest BCUT2D eigenvalue weighted by atomic mass is 9.94. The highest BCUT2D eigenvalue weighted by Crippen LogP contribution is 2.33. The number of rotatable bonds is 5. The molecule has 0 unspecified atom stereocenters. The molecule has 5 rings (SSSR count). The van der Waals surface area contributed by atoms with E-state index in [-0.39, 0.29) is 22.4 Å². The van der Waals surface area contributed by atoms with Crippen molar-refractivity contribution < 1.29 is 19.2 Å². The highest BCUT2D eigenvalue weighted by molar-refractivity contribution is 5.79. The lowest BCUT2D eigenvalue weighted by Crippen LogP contribution is -2.51. The van der Waals surface area contributed by atoms with E-state index >= 15 is 0 Å². The van der Waals surface area contributed by atoms with Gasteiger partial charge in [-0.2, -0.15) is 0 Å². The number of benzene rings is 2. The summed E-state index contributed by atoms with van der Waals surface area (Å²) in [5.74, 6) is 1.83. The van der Waals surface area contributed by atoms with Gasteiger partial charge in [-0.05, 0) is 36.6 Å². The van der Waals surface area contributed by atoms with Crippen LogP contribution in [0.15, 0.2) is 42.5 Å². The molecule has 9 nitrogen and oxygen atoms in total. The maximum absolute atomic E-state index is 13.1. The van der Waals surface area contributed by atoms with Crippen molar-refractivity contribution in [3.8, 4) is 11.5 Å². The summed E-state index contributed by atoms with van der Waals surface area (Å²) in [5.41, 5.74) is 1.96. The number of carbonyl (C=O) groups excluding carboxylic acids is 1. The zero-order chi connectivity index (χ0) is 23.5. The van der Waals surface area contributed by atoms with Gasteiger partial charge in [0.1, 0.15) is 18.9 Å². The second kappa shape index (κ2) is 9.89. The summed E-state index contributed by atoms with van der Waals surface area (Å²) in [6, 6.07) is 12.9. The van der Waals surface area contributed by atoms with Crippen LogP contribution in [-0.4, -0.2) is 73.1 Å². The van der Waals surface area contributed by atoms with E-state index in [0.29, 0.717) is 32.0 Å². The predicted molar refractivity (Wildman–Crippen MR) is 127 cm³/mol. The fourth-order valence-corrected chi connectivity index (χ4v) is 5.08. The standard InChI is InChI=1S/C25H30N4O5/c30-25(20-7-9-27(10-8-20)21-3-1-2-4-22(21)29(31)32)28-13-11-26(12-14-28)18-19-5-6-23-24(17-19)34-16-15-33-23/h1-6,17,20H,7-16,18H2. The van der Waals surface area contributed by atoms with Crippen molar-refractivity contribution in [1.82, 2.24) is 9.80 Å². The zero-order valence-electron chi connectivity index (χ0n) is 19.2. The van der Waals surface area contributed by atoms with Crippen LogP contribution < -0.4 is 14.4 Å². The Hall–Kier alpha value is -3.33. The number of fused-ring (bicyclic) bond motifs is 1. The second-order valence-electron chi connectivity index (χ2n) is 9.09. The average Bonchev–Trinajstić information content (AvgIpc) is 2.89. The summed E-state index contributed by atoms with van der Waals surface area (Å²) in [7, 11) is 0. The maximum atomic E-state index is 13.1. The molecule has 1 amide bonds. The molecule has 0 spiro atoms. The molecule has 0 N–H and O–H groups in total. The van der Waals surface area contributed by atoms with Gasteiger partial charge in [-0.25, -0.2) is 0 Å². The topological polar surface area (TPSA) is 88.4 Å². The Balaban J connectivity index is 1.11. The predicted octanol–water partition coefficient (Wildman–Crippen LogP) is 2.93. The first kappa shape index (κ1) is 22.5. The Kier molecular flexibility index (Phi) is 6.53. The Morgan fingerprint density at radius 1 is 0.941 bits per heavy atom. The molecular weight excluding hydrogens is 436 g/mol. The molecule has 0 bridgehead atoms. The molecule has 3 aliphatic rings. The minimum Gasteiger partial charge on any atom is -0.486 e. The van der Waals surface area contributed by atoms with Crippen LogP contribution >= 0.6 is 0 Å². The van der Waals surface area contributed by atoms with Crippen LogP contribution in [0.5, 0.6) is 11.5 Å². The summed E-state index contributed by atoms with van der Waals surface area (Å²) in [6.07, 6.45) is 1.45. The van der Waals surface area contributed by atoms with E-state index in [1.54, 1.807) is 12.1 Å². The van der Waals surface area contributed by atoms with Crippen molar-refractivity contribution in [2.45, 2.75) is 19.4 Å². The number of piperidine rings is 1. The molecule has 9 heteroatoms. The van der Waals surface area contributed by atoms with Crippen molar-refractivity contribution in [1.29, 1.82) is 0 Å². The van der Waals surface area contributed by atoms with Crippen molar-refractivity contribution in [3.63, 3.8) is 0 Å². The third-order valence-corrected chi connectivity index (χ3v) is 6.96. The fraction of sp³-hybridized carbons (Fsp3) is 0.480. The zero-order valence-corrected chi connectivity index (χ0v) is 19.2. The van der Waals surface area contributed by atoms with Gasteiger partial charge in [0.15, 0.2) is 11.5 Å². The summed E-state index contributed by atoms with van der Waals surface area (Å²) in [4.78, 5) is 30.6. The number of nitro benzene ring substituents is 1. The first-order chi connectivity index (χ1) is 16.6. The fourth-order valence-electron chi connectivity index (χ4n) is 5.08. The van der Waals surface area contributed by atoms with E-state index < -0.39 is 0 Å². The van der Waals surface area contributed by atoms with Crippen LogP contribution in [0.4, 0.5) is 11.4 Å². The van der Waals surface area contributed by atoms with Gasteiger partial charge in [-0.1, -0.05) is 18.2 Å². The van der Waals surface area contributed by atoms with E-state index in [2.05, 4.69) is 17.0 Å². The van der Waals surface area contributed by atoms with Crippen LogP contribution in [0.2, 0.25) is 0 Å². The highest BCUT2D eigenvalue weighted by atomic mass is 16.6. The Morgan fingerprint density at radius 2 is 1.65 bits per heavy atom. The number of ether oxygens (including phenoxy) is 2. The molecule has 34 heavy (non-hydrogen) atoms. The third kappa shape index (κ3) is 4.79. The van der Waals surface area contributed by atoms with Gasteiger partial charge >= 0.3 is 0 Å². The van der Waals surface area contributed by atoms with Crippen LogP contribution in [0.3, 0.4) is 0 Å². The Bertz CT molecular complexity index is 1050. The smallest absolute Gasteiger partial charge is 0.292 e. The van der Waals surface area contributed by atoms with Crippen molar-refractivity contribution in [2.24, 2.45) is 5.92 Å². The van der Waals surface area contributed by atoms with Gasteiger partial charge in [-0.15, -0.1) is 0 Å². The number of piperazine rings is 1. The van der Waals surface area contributed by atoms with Crippen LogP contribution in [0.25, 0.3) is 0 Å². The third-order valence-electron chi connectivity index (χ3n) is 6.96. The van der Waals surface area contributed by atoms with Crippen LogP contribution in [0.1, 0.15) is 18.4 Å². The van der Waals surface area contributed by atoms with E-state index in [1.165, 1.54) is 11.6 Å². The average molecular weight is 467 g/mol. The first-order valence-electron chi connectivity index (χ1n) is 12.0. The number of amides is 1. The molecule has 0 aliphatic carbocycles. The minimum atomic E-state index is -0.336. The molecule has 0 saturated carbocycles. The Labute approximate surface area is 199 Å². The summed E-state index contributed by atoms with van der Waals surface area (Å²) in [5, 5.41) is 11.4. The number of hydrogen-bond acceptors (Lipinski definition) is 7. The van der Waals surface area contributed by atoms with Crippen LogP contribution in [0, 0.1) is 16.0 Å². The molecule has 3 aliphatic heterocycles. The van der Waals surface area contributed by atoms with E-state index in [1.807, 2.05) is 21.9 Å². The second-order valence-corrected chi connectivity index (χ2v) is 9.09. The number of anilines is 1. The lowest BCUT2D eigenvalue weighted by molar-refractivity contribution is -0.384. The number of hydrogen-bond donors (Lipinski definition) is 0. The SMILES string of the molecule is O=C(C1CCN(c2ccccc2[N+](=O)[O-])CC1)N1CCN(Cc2ccc3c(c2)OCCO3)CC1. The molecule has 180 valence electrons.